The molecule has 0 saturated carbocycles. The maximum atomic E-state index is 10.8. The highest BCUT2D eigenvalue weighted by Crippen LogP contribution is 2.19. The van der Waals surface area contributed by atoms with Gasteiger partial charge in [0.2, 0.25) is 0 Å². The summed E-state index contributed by atoms with van der Waals surface area (Å²) in [5, 5.41) is 13.1. The first kappa shape index (κ1) is 14.3. The Labute approximate surface area is 118 Å². The van der Waals surface area contributed by atoms with Crippen LogP contribution in [-0.4, -0.2) is 32.8 Å². The van der Waals surface area contributed by atoms with Gasteiger partial charge in [0.1, 0.15) is 0 Å². The molecule has 0 aliphatic carbocycles. The number of carboxylic acid groups (broad SMARTS) is 1. The molecule has 0 radical (unpaired) electrons. The maximum Gasteiger partial charge on any atom is 0.335 e. The standard InChI is InChI=1S/C15H19N3O2/c1-11(14-8-9-16-18(14)3)17(2)10-12-4-6-13(7-5-12)15(19)20/h4-9,11H,10H2,1-3H3,(H,19,20). The predicted molar refractivity (Wildman–Crippen MR) is 76.5 cm³/mol. The lowest BCUT2D eigenvalue weighted by Gasteiger charge is -2.24. The Morgan fingerprint density at radius 2 is 2.00 bits per heavy atom. The molecule has 0 spiro atoms. The molecular formula is C15H19N3O2. The quantitative estimate of drug-likeness (QED) is 0.908. The van der Waals surface area contributed by atoms with Gasteiger partial charge in [-0.2, -0.15) is 5.10 Å². The second-order valence-corrected chi connectivity index (χ2v) is 4.97. The first-order chi connectivity index (χ1) is 9.49. The monoisotopic (exact) mass is 273 g/mol. The van der Waals surface area contributed by atoms with Crippen LogP contribution in [0.3, 0.4) is 0 Å². The number of benzene rings is 1. The Kier molecular flexibility index (Phi) is 4.20. The fourth-order valence-corrected chi connectivity index (χ4v) is 2.20. The van der Waals surface area contributed by atoms with Gasteiger partial charge in [-0.1, -0.05) is 12.1 Å². The van der Waals surface area contributed by atoms with E-state index in [9.17, 15) is 4.79 Å². The van der Waals surface area contributed by atoms with Crippen LogP contribution in [0.4, 0.5) is 0 Å². The fourth-order valence-electron chi connectivity index (χ4n) is 2.20. The number of carbonyl (C=O) groups is 1. The zero-order valence-corrected chi connectivity index (χ0v) is 11.9. The van der Waals surface area contributed by atoms with Crippen molar-refractivity contribution in [2.75, 3.05) is 7.05 Å². The van der Waals surface area contributed by atoms with Gasteiger partial charge in [0.25, 0.3) is 0 Å². The molecule has 2 aromatic rings. The molecule has 0 bridgehead atoms. The van der Waals surface area contributed by atoms with E-state index in [1.54, 1.807) is 18.3 Å². The zero-order chi connectivity index (χ0) is 14.7. The Hall–Kier alpha value is -2.14. The minimum atomic E-state index is -0.895. The van der Waals surface area contributed by atoms with E-state index in [1.807, 2.05) is 37.0 Å². The van der Waals surface area contributed by atoms with Crippen molar-refractivity contribution in [3.05, 3.63) is 53.3 Å². The molecule has 1 unspecified atom stereocenters. The summed E-state index contributed by atoms with van der Waals surface area (Å²) >= 11 is 0. The molecular weight excluding hydrogens is 254 g/mol. The first-order valence-electron chi connectivity index (χ1n) is 6.49. The zero-order valence-electron chi connectivity index (χ0n) is 11.9. The van der Waals surface area contributed by atoms with Gasteiger partial charge >= 0.3 is 5.97 Å². The minimum absolute atomic E-state index is 0.238. The summed E-state index contributed by atoms with van der Waals surface area (Å²) < 4.78 is 1.87. The largest absolute Gasteiger partial charge is 0.478 e. The molecule has 5 nitrogen and oxygen atoms in total. The highest BCUT2D eigenvalue weighted by molar-refractivity contribution is 5.87. The molecule has 0 aliphatic heterocycles. The number of hydrogen-bond acceptors (Lipinski definition) is 3. The van der Waals surface area contributed by atoms with E-state index in [4.69, 9.17) is 5.11 Å². The predicted octanol–water partition coefficient (Wildman–Crippen LogP) is 2.31. The van der Waals surface area contributed by atoms with E-state index < -0.39 is 5.97 Å². The van der Waals surface area contributed by atoms with Crippen LogP contribution in [0.15, 0.2) is 36.5 Å². The van der Waals surface area contributed by atoms with E-state index in [2.05, 4.69) is 16.9 Å². The molecule has 106 valence electrons. The number of aromatic nitrogens is 2. The van der Waals surface area contributed by atoms with Crippen molar-refractivity contribution in [1.82, 2.24) is 14.7 Å². The topological polar surface area (TPSA) is 58.4 Å². The van der Waals surface area contributed by atoms with Gasteiger partial charge < -0.3 is 5.11 Å². The number of aryl methyl sites for hydroxylation is 1. The Morgan fingerprint density at radius 1 is 1.35 bits per heavy atom. The normalized spacial score (nSPS) is 12.6. The summed E-state index contributed by atoms with van der Waals surface area (Å²) in [6.45, 7) is 2.88. The van der Waals surface area contributed by atoms with Crippen molar-refractivity contribution in [1.29, 1.82) is 0 Å². The molecule has 0 amide bonds. The summed E-state index contributed by atoms with van der Waals surface area (Å²) in [4.78, 5) is 13.0. The van der Waals surface area contributed by atoms with Crippen LogP contribution in [0, 0.1) is 0 Å². The van der Waals surface area contributed by atoms with Gasteiger partial charge in [-0.15, -0.1) is 0 Å². The maximum absolute atomic E-state index is 10.8. The summed E-state index contributed by atoms with van der Waals surface area (Å²) in [6.07, 6.45) is 1.79. The lowest BCUT2D eigenvalue weighted by molar-refractivity contribution is 0.0697. The number of hydrogen-bond donors (Lipinski definition) is 1. The lowest BCUT2D eigenvalue weighted by Crippen LogP contribution is -2.23. The molecule has 1 heterocycles. The number of nitrogens with zero attached hydrogens (tertiary/aromatic N) is 3. The number of carboxylic acids is 1. The Bertz CT molecular complexity index is 589. The molecule has 2 rings (SSSR count). The summed E-state index contributed by atoms with van der Waals surface area (Å²) in [7, 11) is 3.98. The molecule has 20 heavy (non-hydrogen) atoms. The van der Waals surface area contributed by atoms with Crippen LogP contribution >= 0.6 is 0 Å². The van der Waals surface area contributed by atoms with Crippen LogP contribution in [0.1, 0.15) is 34.6 Å². The van der Waals surface area contributed by atoms with E-state index >= 15 is 0 Å². The Balaban J connectivity index is 2.06. The average molecular weight is 273 g/mol. The van der Waals surface area contributed by atoms with E-state index in [0.29, 0.717) is 5.56 Å². The Morgan fingerprint density at radius 3 is 2.50 bits per heavy atom. The van der Waals surface area contributed by atoms with Crippen LogP contribution in [0.5, 0.6) is 0 Å². The van der Waals surface area contributed by atoms with Gasteiger partial charge in [0.15, 0.2) is 0 Å². The third kappa shape index (κ3) is 3.05. The van der Waals surface area contributed by atoms with E-state index in [1.165, 1.54) is 0 Å². The lowest BCUT2D eigenvalue weighted by atomic mass is 10.1. The molecule has 1 aromatic carbocycles. The first-order valence-corrected chi connectivity index (χ1v) is 6.49. The number of rotatable bonds is 5. The van der Waals surface area contributed by atoms with E-state index in [0.717, 1.165) is 17.8 Å². The third-order valence-electron chi connectivity index (χ3n) is 3.58. The molecule has 0 aliphatic rings. The van der Waals surface area contributed by atoms with Crippen molar-refractivity contribution in [2.45, 2.75) is 19.5 Å². The van der Waals surface area contributed by atoms with Crippen LogP contribution in [0.2, 0.25) is 0 Å². The van der Waals surface area contributed by atoms with Crippen molar-refractivity contribution in [3.63, 3.8) is 0 Å². The molecule has 5 heteroatoms. The average Bonchev–Trinajstić information content (AvgIpc) is 2.84. The highest BCUT2D eigenvalue weighted by atomic mass is 16.4. The molecule has 1 N–H and O–H groups in total. The molecule has 0 fully saturated rings. The fraction of sp³-hybridized carbons (Fsp3) is 0.333. The highest BCUT2D eigenvalue weighted by Gasteiger charge is 2.15. The van der Waals surface area contributed by atoms with Crippen molar-refractivity contribution < 1.29 is 9.90 Å². The van der Waals surface area contributed by atoms with Crippen molar-refractivity contribution >= 4 is 5.97 Å². The van der Waals surface area contributed by atoms with Crippen molar-refractivity contribution in [2.24, 2.45) is 7.05 Å². The van der Waals surface area contributed by atoms with Gasteiger partial charge in [0.05, 0.1) is 11.3 Å². The summed E-state index contributed by atoms with van der Waals surface area (Å²) in [5.74, 6) is -0.895. The number of aromatic carboxylic acids is 1. The van der Waals surface area contributed by atoms with Gasteiger partial charge in [0, 0.05) is 25.8 Å². The van der Waals surface area contributed by atoms with Gasteiger partial charge in [-0.3, -0.25) is 9.58 Å². The summed E-state index contributed by atoms with van der Waals surface area (Å²) in [5.41, 5.74) is 2.55. The van der Waals surface area contributed by atoms with Gasteiger partial charge in [-0.05, 0) is 37.7 Å². The van der Waals surface area contributed by atoms with Crippen LogP contribution < -0.4 is 0 Å². The molecule has 1 aromatic heterocycles. The third-order valence-corrected chi connectivity index (χ3v) is 3.58. The SMILES string of the molecule is CC(c1ccnn1C)N(C)Cc1ccc(C(=O)O)cc1. The second-order valence-electron chi connectivity index (χ2n) is 4.97. The van der Waals surface area contributed by atoms with Crippen LogP contribution in [-0.2, 0) is 13.6 Å². The minimum Gasteiger partial charge on any atom is -0.478 e. The van der Waals surface area contributed by atoms with Crippen molar-refractivity contribution in [3.8, 4) is 0 Å². The smallest absolute Gasteiger partial charge is 0.335 e. The summed E-state index contributed by atoms with van der Waals surface area (Å²) in [6, 6.07) is 9.24. The molecule has 1 atom stereocenters. The molecule has 0 saturated heterocycles. The van der Waals surface area contributed by atoms with Crippen LogP contribution in [0.25, 0.3) is 0 Å². The second kappa shape index (κ2) is 5.88. The van der Waals surface area contributed by atoms with Gasteiger partial charge in [-0.25, -0.2) is 4.79 Å². The van der Waals surface area contributed by atoms with E-state index in [-0.39, 0.29) is 6.04 Å².